The van der Waals surface area contributed by atoms with Crippen LogP contribution in [0, 0.1) is 0 Å². The van der Waals surface area contributed by atoms with Gasteiger partial charge in [0.2, 0.25) is 6.23 Å². The minimum atomic E-state index is -0.273. The lowest BCUT2D eigenvalue weighted by molar-refractivity contribution is -0.477. The minimum absolute atomic E-state index is 0.273. The maximum Gasteiger partial charge on any atom is 0.297 e. The largest absolute Gasteiger partial charge is 0.414 e. The Hall–Kier alpha value is -0.830. The Bertz CT molecular complexity index is 72.5. The molecular formula is C5H10NO2+. The fraction of sp³-hybridized carbons (Fsp3) is 0.400. The second kappa shape index (κ2) is 4.33. The van der Waals surface area contributed by atoms with E-state index in [2.05, 4.69) is 17.0 Å². The van der Waals surface area contributed by atoms with Crippen LogP contribution < -0.4 is 5.73 Å². The molecule has 0 fully saturated rings. The van der Waals surface area contributed by atoms with Crippen LogP contribution in [0.5, 0.6) is 0 Å². The molecule has 0 saturated carbocycles. The molecule has 0 aromatic rings. The molecule has 0 heterocycles. The molecule has 3 heteroatoms. The van der Waals surface area contributed by atoms with Crippen LogP contribution in [0.15, 0.2) is 12.7 Å². The van der Waals surface area contributed by atoms with Gasteiger partial charge < -0.3 is 10.5 Å². The van der Waals surface area contributed by atoms with Crippen molar-refractivity contribution in [1.82, 2.24) is 0 Å². The fourth-order valence-electron chi connectivity index (χ4n) is 0.320. The van der Waals surface area contributed by atoms with Crippen LogP contribution in [-0.2, 0) is 9.53 Å². The molecule has 0 rings (SSSR count). The second-order valence-electron chi connectivity index (χ2n) is 1.38. The summed E-state index contributed by atoms with van der Waals surface area (Å²) in [6.45, 7) is 3.84. The van der Waals surface area contributed by atoms with Gasteiger partial charge in [-0.05, 0) is 0 Å². The van der Waals surface area contributed by atoms with Crippen molar-refractivity contribution in [2.45, 2.75) is 12.6 Å². The van der Waals surface area contributed by atoms with E-state index in [9.17, 15) is 4.79 Å². The molecule has 3 N–H and O–H groups in total. The third kappa shape index (κ3) is 3.36. The zero-order valence-corrected chi connectivity index (χ0v) is 4.67. The monoisotopic (exact) mass is 116 g/mol. The van der Waals surface area contributed by atoms with Crippen LogP contribution in [-0.4, -0.2) is 12.7 Å². The van der Waals surface area contributed by atoms with Gasteiger partial charge in [-0.1, -0.05) is 6.08 Å². The second-order valence-corrected chi connectivity index (χ2v) is 1.38. The predicted molar refractivity (Wildman–Crippen MR) is 28.6 cm³/mol. The number of rotatable bonds is 4. The van der Waals surface area contributed by atoms with E-state index in [-0.39, 0.29) is 6.23 Å². The highest BCUT2D eigenvalue weighted by Gasteiger charge is 1.98. The summed E-state index contributed by atoms with van der Waals surface area (Å²) in [5.41, 5.74) is 3.49. The fourth-order valence-corrected chi connectivity index (χ4v) is 0.320. The first kappa shape index (κ1) is 7.17. The Labute approximate surface area is 48.1 Å². The van der Waals surface area contributed by atoms with E-state index in [0.717, 1.165) is 0 Å². The number of hydrogen-bond acceptors (Lipinski definition) is 2. The number of quaternary nitrogens is 1. The Morgan fingerprint density at radius 2 is 2.50 bits per heavy atom. The van der Waals surface area contributed by atoms with Crippen molar-refractivity contribution in [2.75, 3.05) is 0 Å². The number of hydrogen-bond donors (Lipinski definition) is 1. The van der Waals surface area contributed by atoms with E-state index in [1.54, 1.807) is 6.08 Å². The molecule has 0 spiro atoms. The summed E-state index contributed by atoms with van der Waals surface area (Å²) in [5, 5.41) is 0. The van der Waals surface area contributed by atoms with E-state index in [4.69, 9.17) is 0 Å². The number of ether oxygens (including phenoxy) is 1. The van der Waals surface area contributed by atoms with E-state index >= 15 is 0 Å². The van der Waals surface area contributed by atoms with Gasteiger partial charge in [-0.3, -0.25) is 4.79 Å². The highest BCUT2D eigenvalue weighted by atomic mass is 16.5. The van der Waals surface area contributed by atoms with Crippen LogP contribution in [0.3, 0.4) is 0 Å². The van der Waals surface area contributed by atoms with E-state index in [0.29, 0.717) is 12.9 Å². The number of carbonyl (C=O) groups is 1. The molecule has 0 aromatic carbocycles. The van der Waals surface area contributed by atoms with E-state index < -0.39 is 0 Å². The molecule has 0 amide bonds. The lowest BCUT2D eigenvalue weighted by atomic mass is 10.4. The molecular weight excluding hydrogens is 106 g/mol. The predicted octanol–water partition coefficient (Wildman–Crippen LogP) is -0.697. The molecule has 0 unspecified atom stereocenters. The average Bonchev–Trinajstić information content (AvgIpc) is 1.68. The molecule has 0 aromatic heterocycles. The molecule has 0 aliphatic carbocycles. The average molecular weight is 116 g/mol. The van der Waals surface area contributed by atoms with Crippen LogP contribution in [0.25, 0.3) is 0 Å². The van der Waals surface area contributed by atoms with Gasteiger partial charge >= 0.3 is 0 Å². The van der Waals surface area contributed by atoms with Gasteiger partial charge in [-0.2, -0.15) is 0 Å². The standard InChI is InChI=1S/C5H9NO2/c1-2-3-5(6)8-4-7/h2,4-5H,1,3,6H2/p+1/t5-/m1/s1. The first-order chi connectivity index (χ1) is 3.81. The van der Waals surface area contributed by atoms with Gasteiger partial charge in [-0.25, -0.2) is 0 Å². The van der Waals surface area contributed by atoms with Crippen molar-refractivity contribution in [3.63, 3.8) is 0 Å². The third-order valence-electron chi connectivity index (χ3n) is 0.678. The van der Waals surface area contributed by atoms with Crippen molar-refractivity contribution < 1.29 is 15.3 Å². The molecule has 3 nitrogen and oxygen atoms in total. The Morgan fingerprint density at radius 1 is 1.88 bits per heavy atom. The summed E-state index contributed by atoms with van der Waals surface area (Å²) in [7, 11) is 0. The number of carbonyl (C=O) groups excluding carboxylic acids is 1. The zero-order chi connectivity index (χ0) is 6.41. The maximum absolute atomic E-state index is 9.59. The molecule has 0 bridgehead atoms. The Morgan fingerprint density at radius 3 is 2.88 bits per heavy atom. The smallest absolute Gasteiger partial charge is 0.297 e. The van der Waals surface area contributed by atoms with Crippen molar-refractivity contribution in [3.8, 4) is 0 Å². The van der Waals surface area contributed by atoms with Gasteiger partial charge in [0.05, 0.1) is 6.42 Å². The summed E-state index contributed by atoms with van der Waals surface area (Å²) in [6, 6.07) is 0. The first-order valence-electron chi connectivity index (χ1n) is 2.34. The van der Waals surface area contributed by atoms with Crippen LogP contribution in [0.1, 0.15) is 6.42 Å². The quantitative estimate of drug-likeness (QED) is 0.300. The topological polar surface area (TPSA) is 53.9 Å². The summed E-state index contributed by atoms with van der Waals surface area (Å²) in [4.78, 5) is 9.59. The maximum atomic E-state index is 9.59. The van der Waals surface area contributed by atoms with Crippen molar-refractivity contribution in [3.05, 3.63) is 12.7 Å². The molecule has 1 atom stereocenters. The van der Waals surface area contributed by atoms with Crippen molar-refractivity contribution in [2.24, 2.45) is 0 Å². The molecule has 0 aliphatic heterocycles. The highest BCUT2D eigenvalue weighted by Crippen LogP contribution is 1.84. The first-order valence-corrected chi connectivity index (χ1v) is 2.34. The summed E-state index contributed by atoms with van der Waals surface area (Å²) >= 11 is 0. The van der Waals surface area contributed by atoms with Gasteiger partial charge in [0.1, 0.15) is 0 Å². The van der Waals surface area contributed by atoms with Gasteiger partial charge in [0.15, 0.2) is 0 Å². The Kier molecular flexibility index (Phi) is 3.88. The van der Waals surface area contributed by atoms with Crippen molar-refractivity contribution in [1.29, 1.82) is 0 Å². The molecule has 46 valence electrons. The molecule has 8 heavy (non-hydrogen) atoms. The lowest BCUT2D eigenvalue weighted by Gasteiger charge is -1.99. The molecule has 0 radical (unpaired) electrons. The third-order valence-corrected chi connectivity index (χ3v) is 0.678. The van der Waals surface area contributed by atoms with Crippen LogP contribution in [0.2, 0.25) is 0 Å². The summed E-state index contributed by atoms with van der Waals surface area (Å²) in [5.74, 6) is 0. The summed E-state index contributed by atoms with van der Waals surface area (Å²) in [6.07, 6.45) is 1.99. The molecule has 0 aliphatic rings. The highest BCUT2D eigenvalue weighted by molar-refractivity contribution is 5.37. The summed E-state index contributed by atoms with van der Waals surface area (Å²) < 4.78 is 4.42. The van der Waals surface area contributed by atoms with E-state index in [1.165, 1.54) is 0 Å². The van der Waals surface area contributed by atoms with Crippen molar-refractivity contribution >= 4 is 6.47 Å². The van der Waals surface area contributed by atoms with Gasteiger partial charge in [0.25, 0.3) is 6.47 Å². The minimum Gasteiger partial charge on any atom is -0.414 e. The Balaban J connectivity index is 3.16. The van der Waals surface area contributed by atoms with Gasteiger partial charge in [-0.15, -0.1) is 6.58 Å². The normalized spacial score (nSPS) is 12.1. The van der Waals surface area contributed by atoms with Crippen LogP contribution >= 0.6 is 0 Å². The van der Waals surface area contributed by atoms with Gasteiger partial charge in [0, 0.05) is 0 Å². The zero-order valence-electron chi connectivity index (χ0n) is 4.67. The molecule has 0 saturated heterocycles. The van der Waals surface area contributed by atoms with E-state index in [1.807, 2.05) is 0 Å². The lowest BCUT2D eigenvalue weighted by Crippen LogP contribution is -2.61. The van der Waals surface area contributed by atoms with Crippen LogP contribution in [0.4, 0.5) is 0 Å². The SMILES string of the molecule is C=CC[C@H]([NH3+])OC=O.